The fourth-order valence-electron chi connectivity index (χ4n) is 1.50. The van der Waals surface area contributed by atoms with Crippen LogP contribution in [-0.2, 0) is 20.3 Å². The summed E-state index contributed by atoms with van der Waals surface area (Å²) in [6.07, 6.45) is -6.70. The maximum Gasteiger partial charge on any atom is 0.461 e. The van der Waals surface area contributed by atoms with E-state index in [1.807, 2.05) is 0 Å². The summed E-state index contributed by atoms with van der Waals surface area (Å²) in [5.41, 5.74) is -1.01. The smallest absolute Gasteiger partial charge is 0.461 e. The van der Waals surface area contributed by atoms with Gasteiger partial charge in [-0.2, -0.15) is 30.7 Å². The second kappa shape index (κ2) is 8.00. The highest BCUT2D eigenvalue weighted by molar-refractivity contribution is 8.00. The van der Waals surface area contributed by atoms with Gasteiger partial charge >= 0.3 is 23.3 Å². The molecule has 0 fully saturated rings. The van der Waals surface area contributed by atoms with Crippen LogP contribution in [0.4, 0.5) is 36.4 Å². The summed E-state index contributed by atoms with van der Waals surface area (Å²) in [5, 5.41) is 4.89. The maximum absolute atomic E-state index is 13.5. The molecule has 0 spiro atoms. The molecule has 1 aromatic carbocycles. The fraction of sp³-hybridized carbons (Fsp3) is 0.417. The highest BCUT2D eigenvalue weighted by Gasteiger charge is 2.76. The third-order valence-corrected chi connectivity index (χ3v) is 5.31. The van der Waals surface area contributed by atoms with Gasteiger partial charge in [-0.1, -0.05) is 0 Å². The quantitative estimate of drug-likeness (QED) is 0.210. The van der Waals surface area contributed by atoms with Crippen molar-refractivity contribution in [2.24, 2.45) is 0 Å². The molecule has 0 aliphatic rings. The fourth-order valence-corrected chi connectivity index (χ4v) is 3.39. The number of hydrogen-bond donors (Lipinski definition) is 0. The lowest BCUT2D eigenvalue weighted by atomic mass is 10.3. The number of halogens is 7. The third kappa shape index (κ3) is 4.69. The number of nitrogens with zero attached hydrogens (tertiary/aromatic N) is 1. The van der Waals surface area contributed by atoms with Crippen molar-refractivity contribution in [1.29, 1.82) is 0 Å². The average Bonchev–Trinajstić information content (AvgIpc) is 2.57. The van der Waals surface area contributed by atoms with Gasteiger partial charge in [0.05, 0.1) is 27.6 Å². The molecule has 0 aliphatic heterocycles. The van der Waals surface area contributed by atoms with E-state index in [0.717, 1.165) is 7.11 Å². The highest BCUT2D eigenvalue weighted by atomic mass is 32.2. The van der Waals surface area contributed by atoms with E-state index >= 15 is 0 Å². The Morgan fingerprint density at radius 1 is 1.22 bits per heavy atom. The Morgan fingerprint density at radius 3 is 2.22 bits per heavy atom. The van der Waals surface area contributed by atoms with Gasteiger partial charge < -0.3 is 4.74 Å². The molecule has 1 atom stereocenters. The largest absolute Gasteiger partial charge is 0.468 e. The first kappa shape index (κ1) is 23.1. The topological polar surface area (TPSA) is 86.5 Å². The molecule has 1 aromatic rings. The van der Waals surface area contributed by atoms with Crippen molar-refractivity contribution in [2.75, 3.05) is 12.9 Å². The molecule has 0 aromatic heterocycles. The zero-order valence-electron chi connectivity index (χ0n) is 12.9. The third-order valence-electron chi connectivity index (χ3n) is 2.87. The zero-order chi connectivity index (χ0) is 21.2. The van der Waals surface area contributed by atoms with E-state index in [1.54, 1.807) is 0 Å². The molecule has 0 bridgehead atoms. The van der Waals surface area contributed by atoms with Crippen LogP contribution < -0.4 is 0 Å². The van der Waals surface area contributed by atoms with E-state index in [9.17, 15) is 49.9 Å². The van der Waals surface area contributed by atoms with Crippen LogP contribution in [0.1, 0.15) is 0 Å². The minimum Gasteiger partial charge on any atom is -0.468 e. The van der Waals surface area contributed by atoms with Crippen molar-refractivity contribution in [3.63, 3.8) is 0 Å². The Hall–Kier alpha value is -1.90. The predicted molar refractivity (Wildman–Crippen MR) is 78.2 cm³/mol. The van der Waals surface area contributed by atoms with Gasteiger partial charge in [0, 0.05) is 6.07 Å². The summed E-state index contributed by atoms with van der Waals surface area (Å²) in [4.78, 5) is 19.2. The van der Waals surface area contributed by atoms with Crippen molar-refractivity contribution in [3.05, 3.63) is 28.3 Å². The number of ether oxygens (including phenoxy) is 1. The van der Waals surface area contributed by atoms with Crippen LogP contribution in [0.2, 0.25) is 0 Å². The first-order valence-electron chi connectivity index (χ1n) is 6.39. The SMILES string of the molecule is COC(=O)CSc1ccc(S(=O)C(F)(F)C(F)(F)C(F)(F)F)cc1[N+](=O)[O-]. The van der Waals surface area contributed by atoms with Gasteiger partial charge in [-0.25, -0.2) is 4.21 Å². The number of nitro groups is 1. The zero-order valence-corrected chi connectivity index (χ0v) is 14.5. The van der Waals surface area contributed by atoms with Crippen LogP contribution in [-0.4, -0.2) is 45.3 Å². The van der Waals surface area contributed by atoms with Crippen LogP contribution in [0.15, 0.2) is 28.0 Å². The van der Waals surface area contributed by atoms with Crippen LogP contribution in [0.3, 0.4) is 0 Å². The number of thioether (sulfide) groups is 1. The lowest BCUT2D eigenvalue weighted by Gasteiger charge is -2.27. The molecule has 0 aliphatic carbocycles. The second-order valence-electron chi connectivity index (χ2n) is 4.61. The number of rotatable bonds is 7. The Balaban J connectivity index is 3.31. The molecule has 1 unspecified atom stereocenters. The lowest BCUT2D eigenvalue weighted by molar-refractivity contribution is -0.388. The molecule has 0 radical (unpaired) electrons. The highest BCUT2D eigenvalue weighted by Crippen LogP contribution is 2.49. The second-order valence-corrected chi connectivity index (χ2v) is 7.15. The molecule has 0 saturated carbocycles. The summed E-state index contributed by atoms with van der Waals surface area (Å²) in [6, 6.07) is 1.33. The van der Waals surface area contributed by atoms with Gasteiger partial charge in [0.15, 0.2) is 0 Å². The number of carbonyl (C=O) groups excluding carboxylic acids is 1. The summed E-state index contributed by atoms with van der Waals surface area (Å²) < 4.78 is 105. The van der Waals surface area contributed by atoms with Gasteiger partial charge in [-0.3, -0.25) is 14.9 Å². The number of carbonyl (C=O) groups is 1. The number of methoxy groups -OCH3 is 1. The number of esters is 1. The summed E-state index contributed by atoms with van der Waals surface area (Å²) in [6.45, 7) is 0. The molecular formula is C12H8F7NO5S2. The molecule has 6 nitrogen and oxygen atoms in total. The van der Waals surface area contributed by atoms with Gasteiger partial charge in [0.1, 0.15) is 10.8 Å². The number of hydrogen-bond acceptors (Lipinski definition) is 6. The lowest BCUT2D eigenvalue weighted by Crippen LogP contribution is -2.54. The van der Waals surface area contributed by atoms with E-state index in [0.29, 0.717) is 23.9 Å². The minimum atomic E-state index is -6.70. The molecule has 0 saturated heterocycles. The molecule has 152 valence electrons. The van der Waals surface area contributed by atoms with Crippen LogP contribution in [0.5, 0.6) is 0 Å². The minimum absolute atomic E-state index is 0.177. The van der Waals surface area contributed by atoms with Gasteiger partial charge in [0.2, 0.25) is 0 Å². The molecule has 15 heteroatoms. The van der Waals surface area contributed by atoms with Crippen molar-refractivity contribution in [1.82, 2.24) is 0 Å². The normalized spacial score (nSPS) is 13.9. The first-order valence-corrected chi connectivity index (χ1v) is 8.52. The van der Waals surface area contributed by atoms with E-state index in [1.165, 1.54) is 0 Å². The van der Waals surface area contributed by atoms with E-state index in [-0.39, 0.29) is 11.0 Å². The number of alkyl halides is 7. The van der Waals surface area contributed by atoms with Crippen molar-refractivity contribution < 1.29 is 49.4 Å². The van der Waals surface area contributed by atoms with Crippen LogP contribution >= 0.6 is 11.8 Å². The maximum atomic E-state index is 13.5. The van der Waals surface area contributed by atoms with Crippen molar-refractivity contribution >= 4 is 34.2 Å². The van der Waals surface area contributed by atoms with Gasteiger partial charge in [0.25, 0.3) is 5.69 Å². The molecule has 27 heavy (non-hydrogen) atoms. The Kier molecular flexibility index (Phi) is 6.85. The first-order chi connectivity index (χ1) is 12.2. The number of nitro benzene ring substituents is 1. The number of benzene rings is 1. The standard InChI is InChI=1S/C12H8F7NO5S2/c1-25-9(21)5-26-8-3-2-6(4-7(8)20(22)23)27(24)12(18,19)10(13,14)11(15,16)17/h2-4H,5H2,1H3. The Morgan fingerprint density at radius 2 is 1.78 bits per heavy atom. The Labute approximate surface area is 152 Å². The van der Waals surface area contributed by atoms with Crippen molar-refractivity contribution in [3.8, 4) is 0 Å². The van der Waals surface area contributed by atoms with Gasteiger partial charge in [-0.15, -0.1) is 11.8 Å². The van der Waals surface area contributed by atoms with E-state index in [4.69, 9.17) is 0 Å². The molecular weight excluding hydrogens is 435 g/mol. The van der Waals surface area contributed by atoms with Crippen molar-refractivity contribution in [2.45, 2.75) is 27.1 Å². The summed E-state index contributed by atoms with van der Waals surface area (Å²) >= 11 is 0.515. The molecule has 0 amide bonds. The Bertz CT molecular complexity index is 769. The monoisotopic (exact) mass is 443 g/mol. The molecule has 1 rings (SSSR count). The van der Waals surface area contributed by atoms with E-state index in [2.05, 4.69) is 4.74 Å². The van der Waals surface area contributed by atoms with Crippen LogP contribution in [0, 0.1) is 10.1 Å². The molecule has 0 heterocycles. The average molecular weight is 443 g/mol. The summed E-state index contributed by atoms with van der Waals surface area (Å²) in [5.74, 6) is -7.89. The van der Waals surface area contributed by atoms with Crippen LogP contribution in [0.25, 0.3) is 0 Å². The predicted octanol–water partition coefficient (Wildman–Crippen LogP) is 3.76. The molecule has 0 N–H and O–H groups in total. The van der Waals surface area contributed by atoms with E-state index < -0.39 is 55.4 Å². The summed E-state index contributed by atoms with van der Waals surface area (Å²) in [7, 11) is -3.25. The van der Waals surface area contributed by atoms with Gasteiger partial charge in [-0.05, 0) is 12.1 Å².